The third-order valence-electron chi connectivity index (χ3n) is 0.700. The third kappa shape index (κ3) is 4.97. The van der Waals surface area contributed by atoms with Crippen LogP contribution in [0, 0.1) is 0 Å². The van der Waals surface area contributed by atoms with Gasteiger partial charge >= 0.3 is 0 Å². The molecule has 0 atom stereocenters. The predicted octanol–water partition coefficient (Wildman–Crippen LogP) is 1.88. The molecule has 0 aromatic rings. The summed E-state index contributed by atoms with van der Waals surface area (Å²) in [7, 11) is 3.51. The molecular formula is C3H8BIOS. The fourth-order valence-corrected chi connectivity index (χ4v) is 1.99. The summed E-state index contributed by atoms with van der Waals surface area (Å²) in [6.45, 7) is 2.47. The highest BCUT2D eigenvalue weighted by atomic mass is 127. The lowest BCUT2D eigenvalue weighted by Crippen LogP contribution is -2.12. The van der Waals surface area contributed by atoms with E-state index in [1.165, 1.54) is 0 Å². The molecule has 0 aliphatic heterocycles. The van der Waals surface area contributed by atoms with Crippen LogP contribution in [0.4, 0.5) is 0 Å². The maximum Gasteiger partial charge on any atom is 0.300 e. The number of hydrogen-bond acceptors (Lipinski definition) is 2. The van der Waals surface area contributed by atoms with Crippen LogP contribution in [0.2, 0.25) is 6.82 Å². The highest BCUT2D eigenvalue weighted by Crippen LogP contribution is 2.11. The first-order valence-electron chi connectivity index (χ1n) is 2.07. The van der Waals surface area contributed by atoms with Gasteiger partial charge in [-0.1, -0.05) is 15.8 Å². The van der Waals surface area contributed by atoms with Crippen LogP contribution in [0.3, 0.4) is 0 Å². The second kappa shape index (κ2) is 5.25. The largest absolute Gasteiger partial charge is 0.438 e. The first-order chi connectivity index (χ1) is 3.31. The fourth-order valence-electron chi connectivity index (χ4n) is 0.157. The summed E-state index contributed by atoms with van der Waals surface area (Å²) in [6.07, 6.45) is 0. The van der Waals surface area contributed by atoms with Gasteiger partial charge in [0.05, 0.1) is 0 Å². The van der Waals surface area contributed by atoms with Crippen molar-refractivity contribution in [1.29, 1.82) is 0 Å². The van der Waals surface area contributed by atoms with E-state index in [2.05, 4.69) is 28.0 Å². The van der Waals surface area contributed by atoms with Gasteiger partial charge in [0.15, 0.2) is 0 Å². The normalized spacial score (nSPS) is 9.00. The van der Waals surface area contributed by atoms with E-state index in [0.717, 1.165) is 5.65 Å². The molecule has 0 fully saturated rings. The fraction of sp³-hybridized carbons (Fsp3) is 1.00. The van der Waals surface area contributed by atoms with Crippen molar-refractivity contribution < 1.29 is 4.65 Å². The molecule has 42 valence electrons. The molecule has 7 heavy (non-hydrogen) atoms. The molecule has 0 aromatic heterocycles. The van der Waals surface area contributed by atoms with E-state index < -0.39 is 0 Å². The van der Waals surface area contributed by atoms with Crippen LogP contribution in [0.25, 0.3) is 0 Å². The Hall–Kier alpha value is 1.10. The van der Waals surface area contributed by atoms with Gasteiger partial charge in [-0.15, -0.1) is 0 Å². The van der Waals surface area contributed by atoms with Crippen LogP contribution in [-0.2, 0) is 4.65 Å². The number of halogens is 1. The molecule has 4 heteroatoms. The van der Waals surface area contributed by atoms with Gasteiger partial charge in [0, 0.05) is 12.8 Å². The first-order valence-corrected chi connectivity index (χ1v) is 5.60. The van der Waals surface area contributed by atoms with E-state index in [4.69, 9.17) is 4.65 Å². The lowest BCUT2D eigenvalue weighted by Gasteiger charge is -1.98. The lowest BCUT2D eigenvalue weighted by atomic mass is 9.75. The van der Waals surface area contributed by atoms with E-state index in [1.807, 2.05) is 0 Å². The molecular weight excluding hydrogens is 222 g/mol. The summed E-state index contributed by atoms with van der Waals surface area (Å²) in [5.74, 6) is 0. The molecule has 0 unspecified atom stereocenters. The van der Waals surface area contributed by atoms with Crippen LogP contribution < -0.4 is 0 Å². The minimum Gasteiger partial charge on any atom is -0.438 e. The van der Waals surface area contributed by atoms with Gasteiger partial charge in [-0.2, -0.15) is 0 Å². The second-order valence-electron chi connectivity index (χ2n) is 1.32. The smallest absolute Gasteiger partial charge is 0.300 e. The first kappa shape index (κ1) is 8.10. The lowest BCUT2D eigenvalue weighted by molar-refractivity contribution is 0.429. The van der Waals surface area contributed by atoms with E-state index in [-0.39, 0.29) is 0 Å². The van der Waals surface area contributed by atoms with Gasteiger partial charge in [-0.3, -0.25) is 0 Å². The van der Waals surface area contributed by atoms with Crippen LogP contribution in [0.5, 0.6) is 0 Å². The van der Waals surface area contributed by atoms with Crippen LogP contribution in [0.1, 0.15) is 0 Å². The minimum absolute atomic E-state index is 0.405. The van der Waals surface area contributed by atoms with E-state index in [1.54, 1.807) is 16.0 Å². The van der Waals surface area contributed by atoms with Crippen molar-refractivity contribution >= 4 is 37.1 Å². The van der Waals surface area contributed by atoms with Crippen molar-refractivity contribution in [3.8, 4) is 0 Å². The van der Waals surface area contributed by atoms with Gasteiger partial charge in [-0.25, -0.2) is 0 Å². The summed E-state index contributed by atoms with van der Waals surface area (Å²) in [6, 6.07) is 0. The standard InChI is InChI=1S/C3H8BIOS/c1-4(6-2)3-7-5/h3H2,1-2H3. The summed E-state index contributed by atoms with van der Waals surface area (Å²) >= 11 is 2.26. The molecule has 0 aliphatic rings. The maximum atomic E-state index is 4.96. The molecule has 1 nitrogen and oxygen atoms in total. The molecule has 0 aliphatic carbocycles. The number of rotatable bonds is 3. The van der Waals surface area contributed by atoms with Crippen molar-refractivity contribution in [3.05, 3.63) is 0 Å². The molecule has 0 radical (unpaired) electrons. The summed E-state index contributed by atoms with van der Waals surface area (Å²) in [5.41, 5.74) is 1.08. The van der Waals surface area contributed by atoms with Crippen molar-refractivity contribution in [2.75, 3.05) is 12.8 Å². The SMILES string of the molecule is COB(C)CSI. The molecule has 0 rings (SSSR count). The number of hydrogen-bond donors (Lipinski definition) is 0. The summed E-state index contributed by atoms with van der Waals surface area (Å²) < 4.78 is 4.96. The Kier molecular flexibility index (Phi) is 6.07. The highest BCUT2D eigenvalue weighted by Gasteiger charge is 2.02. The topological polar surface area (TPSA) is 9.23 Å². The molecule has 0 bridgehead atoms. The molecule has 0 amide bonds. The zero-order valence-electron chi connectivity index (χ0n) is 4.48. The Balaban J connectivity index is 2.83. The Morgan fingerprint density at radius 2 is 2.43 bits per heavy atom. The zero-order valence-corrected chi connectivity index (χ0v) is 7.45. The van der Waals surface area contributed by atoms with Gasteiger partial charge in [-0.05, 0) is 21.2 Å². The Bertz CT molecular complexity index is 45.9. The van der Waals surface area contributed by atoms with E-state index >= 15 is 0 Å². The van der Waals surface area contributed by atoms with Crippen molar-refractivity contribution in [1.82, 2.24) is 0 Å². The Morgan fingerprint density at radius 3 is 2.57 bits per heavy atom. The molecule has 0 saturated carbocycles. The maximum absolute atomic E-state index is 4.96. The van der Waals surface area contributed by atoms with Gasteiger partial charge < -0.3 is 4.65 Å². The molecule has 0 heterocycles. The molecule has 0 N–H and O–H groups in total. The Morgan fingerprint density at radius 1 is 1.86 bits per heavy atom. The predicted molar refractivity (Wildman–Crippen MR) is 45.1 cm³/mol. The quantitative estimate of drug-likeness (QED) is 0.540. The second-order valence-corrected chi connectivity index (χ2v) is 3.74. The molecule has 0 saturated heterocycles. The average Bonchev–Trinajstić information content (AvgIpc) is 1.68. The Labute approximate surface area is 61.3 Å². The van der Waals surface area contributed by atoms with E-state index in [9.17, 15) is 0 Å². The average molecular weight is 230 g/mol. The van der Waals surface area contributed by atoms with E-state index in [0.29, 0.717) is 6.92 Å². The van der Waals surface area contributed by atoms with Crippen molar-refractivity contribution in [3.63, 3.8) is 0 Å². The van der Waals surface area contributed by atoms with Crippen LogP contribution >= 0.6 is 30.1 Å². The zero-order chi connectivity index (χ0) is 5.70. The molecule has 0 aromatic carbocycles. The third-order valence-corrected chi connectivity index (χ3v) is 2.37. The summed E-state index contributed by atoms with van der Waals surface area (Å²) in [4.78, 5) is 0. The summed E-state index contributed by atoms with van der Waals surface area (Å²) in [5, 5.41) is 0. The van der Waals surface area contributed by atoms with Crippen molar-refractivity contribution in [2.45, 2.75) is 6.82 Å². The molecule has 0 spiro atoms. The van der Waals surface area contributed by atoms with Crippen molar-refractivity contribution in [2.24, 2.45) is 0 Å². The van der Waals surface area contributed by atoms with Gasteiger partial charge in [0.25, 0.3) is 6.92 Å². The van der Waals surface area contributed by atoms with Crippen LogP contribution in [0.15, 0.2) is 0 Å². The monoisotopic (exact) mass is 230 g/mol. The van der Waals surface area contributed by atoms with Gasteiger partial charge in [0.2, 0.25) is 0 Å². The van der Waals surface area contributed by atoms with Gasteiger partial charge in [0.1, 0.15) is 0 Å². The highest BCUT2D eigenvalue weighted by molar-refractivity contribution is 14.2. The minimum atomic E-state index is 0.405. The van der Waals surface area contributed by atoms with Crippen LogP contribution in [-0.4, -0.2) is 19.7 Å².